The van der Waals surface area contributed by atoms with Crippen LogP contribution in [0.5, 0.6) is 5.75 Å². The van der Waals surface area contributed by atoms with E-state index < -0.39 is 0 Å². The van der Waals surface area contributed by atoms with Crippen molar-refractivity contribution in [2.24, 2.45) is 0 Å². The monoisotopic (exact) mass is 321 g/mol. The largest absolute Gasteiger partial charge is 0.494 e. The van der Waals surface area contributed by atoms with Crippen molar-refractivity contribution in [3.05, 3.63) is 71.5 Å². The molecule has 0 fully saturated rings. The maximum absolute atomic E-state index is 5.59. The molecule has 1 heterocycles. The molecule has 4 heteroatoms. The van der Waals surface area contributed by atoms with Gasteiger partial charge in [0.15, 0.2) is 0 Å². The van der Waals surface area contributed by atoms with Crippen LogP contribution in [0.1, 0.15) is 30.7 Å². The lowest BCUT2D eigenvalue weighted by Gasteiger charge is -2.10. The number of aromatic nitrogens is 3. The molecular weight excluding hydrogens is 298 g/mol. The fourth-order valence-electron chi connectivity index (χ4n) is 2.81. The van der Waals surface area contributed by atoms with Gasteiger partial charge in [0, 0.05) is 0 Å². The molecule has 2 aromatic carbocycles. The van der Waals surface area contributed by atoms with Crippen LogP contribution >= 0.6 is 0 Å². The Kier molecular flexibility index (Phi) is 5.26. The first-order chi connectivity index (χ1) is 11.8. The normalized spacial score (nSPS) is 10.8. The molecule has 0 amide bonds. The van der Waals surface area contributed by atoms with Gasteiger partial charge >= 0.3 is 0 Å². The van der Waals surface area contributed by atoms with Crippen LogP contribution in [-0.2, 0) is 19.3 Å². The van der Waals surface area contributed by atoms with Crippen LogP contribution in [0.25, 0.3) is 5.69 Å². The van der Waals surface area contributed by atoms with E-state index in [1.54, 1.807) is 0 Å². The summed E-state index contributed by atoms with van der Waals surface area (Å²) in [4.78, 5) is 0. The molecule has 0 unspecified atom stereocenters. The number of para-hydroxylation sites is 1. The van der Waals surface area contributed by atoms with Gasteiger partial charge in [-0.1, -0.05) is 36.4 Å². The van der Waals surface area contributed by atoms with Gasteiger partial charge in [0.25, 0.3) is 0 Å². The number of hydrogen-bond donors (Lipinski definition) is 0. The van der Waals surface area contributed by atoms with E-state index in [1.807, 2.05) is 48.1 Å². The topological polar surface area (TPSA) is 39.9 Å². The Bertz CT molecular complexity index is 781. The third-order valence-electron chi connectivity index (χ3n) is 4.08. The van der Waals surface area contributed by atoms with E-state index in [-0.39, 0.29) is 0 Å². The van der Waals surface area contributed by atoms with E-state index in [0.29, 0.717) is 6.61 Å². The number of rotatable bonds is 7. The molecule has 24 heavy (non-hydrogen) atoms. The number of aryl methyl sites for hydroxylation is 3. The lowest BCUT2D eigenvalue weighted by molar-refractivity contribution is 0.340. The molecule has 0 aliphatic rings. The Morgan fingerprint density at radius 2 is 1.79 bits per heavy atom. The van der Waals surface area contributed by atoms with Crippen molar-refractivity contribution in [3.8, 4) is 11.4 Å². The number of nitrogens with zero attached hydrogens (tertiary/aromatic N) is 3. The van der Waals surface area contributed by atoms with Gasteiger partial charge in [-0.15, -0.1) is 5.10 Å². The molecular formula is C20H23N3O. The Morgan fingerprint density at radius 1 is 0.958 bits per heavy atom. The van der Waals surface area contributed by atoms with E-state index in [4.69, 9.17) is 4.74 Å². The highest BCUT2D eigenvalue weighted by atomic mass is 16.5. The van der Waals surface area contributed by atoms with Crippen molar-refractivity contribution in [2.75, 3.05) is 6.61 Å². The minimum Gasteiger partial charge on any atom is -0.494 e. The molecule has 0 N–H and O–H groups in total. The predicted molar refractivity (Wildman–Crippen MR) is 95.8 cm³/mol. The van der Waals surface area contributed by atoms with Crippen LogP contribution in [0.15, 0.2) is 54.7 Å². The van der Waals surface area contributed by atoms with Gasteiger partial charge in [-0.2, -0.15) is 0 Å². The minimum absolute atomic E-state index is 0.699. The summed E-state index contributed by atoms with van der Waals surface area (Å²) in [5.74, 6) is 0.952. The first kappa shape index (κ1) is 16.2. The Labute approximate surface area is 143 Å². The first-order valence-electron chi connectivity index (χ1n) is 8.51. The Hall–Kier alpha value is -2.62. The summed E-state index contributed by atoms with van der Waals surface area (Å²) in [7, 11) is 0. The van der Waals surface area contributed by atoms with Gasteiger partial charge in [-0.05, 0) is 61.6 Å². The van der Waals surface area contributed by atoms with Gasteiger partial charge in [0.05, 0.1) is 24.2 Å². The molecule has 4 nitrogen and oxygen atoms in total. The van der Waals surface area contributed by atoms with Crippen LogP contribution < -0.4 is 4.74 Å². The molecule has 0 spiro atoms. The van der Waals surface area contributed by atoms with Crippen molar-refractivity contribution >= 4 is 0 Å². The summed E-state index contributed by atoms with van der Waals surface area (Å²) in [5, 5.41) is 8.52. The van der Waals surface area contributed by atoms with E-state index >= 15 is 0 Å². The zero-order valence-electron chi connectivity index (χ0n) is 14.3. The smallest absolute Gasteiger partial charge is 0.119 e. The highest BCUT2D eigenvalue weighted by Gasteiger charge is 2.07. The number of hydrogen-bond acceptors (Lipinski definition) is 3. The van der Waals surface area contributed by atoms with Crippen LogP contribution in [-0.4, -0.2) is 21.6 Å². The third kappa shape index (κ3) is 3.82. The van der Waals surface area contributed by atoms with Crippen molar-refractivity contribution in [3.63, 3.8) is 0 Å². The molecule has 0 bridgehead atoms. The number of ether oxygens (including phenoxy) is 1. The summed E-state index contributed by atoms with van der Waals surface area (Å²) < 4.78 is 7.42. The van der Waals surface area contributed by atoms with Crippen molar-refractivity contribution in [1.82, 2.24) is 15.0 Å². The second kappa shape index (κ2) is 7.77. The van der Waals surface area contributed by atoms with E-state index in [2.05, 4.69) is 35.4 Å². The highest BCUT2D eigenvalue weighted by molar-refractivity contribution is 5.36. The lowest BCUT2D eigenvalue weighted by atomic mass is 10.00. The summed E-state index contributed by atoms with van der Waals surface area (Å²) in [6.07, 6.45) is 4.86. The van der Waals surface area contributed by atoms with Gasteiger partial charge < -0.3 is 4.74 Å². The van der Waals surface area contributed by atoms with Crippen LogP contribution in [0.3, 0.4) is 0 Å². The number of benzene rings is 2. The van der Waals surface area contributed by atoms with Gasteiger partial charge in [-0.25, -0.2) is 4.68 Å². The third-order valence-corrected chi connectivity index (χ3v) is 4.08. The van der Waals surface area contributed by atoms with Crippen molar-refractivity contribution < 1.29 is 4.74 Å². The van der Waals surface area contributed by atoms with E-state index in [0.717, 1.165) is 36.4 Å². The molecule has 0 atom stereocenters. The van der Waals surface area contributed by atoms with Crippen LogP contribution in [0.2, 0.25) is 0 Å². The summed E-state index contributed by atoms with van der Waals surface area (Å²) in [6.45, 7) is 4.89. The van der Waals surface area contributed by atoms with Gasteiger partial charge in [-0.3, -0.25) is 0 Å². The maximum Gasteiger partial charge on any atom is 0.119 e. The summed E-state index contributed by atoms with van der Waals surface area (Å²) >= 11 is 0. The second-order valence-corrected chi connectivity index (χ2v) is 5.71. The SMILES string of the molecule is CCOc1ccc(CCc2cn(-c3ccccc3)nn2)c(CC)c1. The zero-order valence-corrected chi connectivity index (χ0v) is 14.3. The van der Waals surface area contributed by atoms with Crippen LogP contribution in [0.4, 0.5) is 0 Å². The molecule has 124 valence electrons. The quantitative estimate of drug-likeness (QED) is 0.660. The predicted octanol–water partition coefficient (Wildman–Crippen LogP) is 4.01. The van der Waals surface area contributed by atoms with Crippen molar-refractivity contribution in [1.29, 1.82) is 0 Å². The van der Waals surface area contributed by atoms with Gasteiger partial charge in [0.1, 0.15) is 5.75 Å². The maximum atomic E-state index is 5.59. The summed E-state index contributed by atoms with van der Waals surface area (Å²) in [6, 6.07) is 16.4. The Balaban J connectivity index is 1.69. The fraction of sp³-hybridized carbons (Fsp3) is 0.300. The molecule has 0 aliphatic carbocycles. The highest BCUT2D eigenvalue weighted by Crippen LogP contribution is 2.20. The second-order valence-electron chi connectivity index (χ2n) is 5.71. The zero-order chi connectivity index (χ0) is 16.8. The standard InChI is InChI=1S/C20H23N3O/c1-3-16-14-20(24-4-2)13-11-17(16)10-12-18-15-23(22-21-18)19-8-6-5-7-9-19/h5-9,11,13-15H,3-4,10,12H2,1-2H3. The average Bonchev–Trinajstić information content (AvgIpc) is 3.10. The molecule has 0 aliphatic heterocycles. The molecule has 3 rings (SSSR count). The average molecular weight is 321 g/mol. The molecule has 1 aromatic heterocycles. The molecule has 0 saturated carbocycles. The minimum atomic E-state index is 0.699. The lowest BCUT2D eigenvalue weighted by Crippen LogP contribution is -1.99. The Morgan fingerprint density at radius 3 is 2.54 bits per heavy atom. The first-order valence-corrected chi connectivity index (χ1v) is 8.51. The van der Waals surface area contributed by atoms with Gasteiger partial charge in [0.2, 0.25) is 0 Å². The van der Waals surface area contributed by atoms with Crippen molar-refractivity contribution in [2.45, 2.75) is 33.1 Å². The fourth-order valence-corrected chi connectivity index (χ4v) is 2.81. The van der Waals surface area contributed by atoms with Crippen LogP contribution in [0, 0.1) is 0 Å². The summed E-state index contributed by atoms with van der Waals surface area (Å²) in [5.41, 5.74) is 4.74. The molecule has 3 aromatic rings. The molecule has 0 radical (unpaired) electrons. The van der Waals surface area contributed by atoms with E-state index in [1.165, 1.54) is 11.1 Å². The molecule has 0 saturated heterocycles. The van der Waals surface area contributed by atoms with E-state index in [9.17, 15) is 0 Å².